The van der Waals surface area contributed by atoms with E-state index >= 15 is 0 Å². The number of amides is 1. The Balaban J connectivity index is 1.71. The Morgan fingerprint density at radius 1 is 0.881 bits per heavy atom. The lowest BCUT2D eigenvalue weighted by Crippen LogP contribution is -2.38. The predicted octanol–water partition coefficient (Wildman–Crippen LogP) is 7.85. The standard InChI is InChI=1S/C33H30F4N2O3/c1-22(38-27-15-13-26(34)14-16-27)31(24-7-5-4-6-8-24)32(40)39(28-17-18-29(41-2)30(21-28)42-3)20-19-23-9-11-25(12-10-23)33(35,36)37/h4-18,21,31,38H,1,19-20H2,2-3H3. The summed E-state index contributed by atoms with van der Waals surface area (Å²) in [5.41, 5.74) is 1.96. The minimum Gasteiger partial charge on any atom is -0.493 e. The van der Waals surface area contributed by atoms with Gasteiger partial charge in [0, 0.05) is 29.7 Å². The molecule has 1 N–H and O–H groups in total. The quantitative estimate of drug-likeness (QED) is 0.184. The second-order valence-corrected chi connectivity index (χ2v) is 9.47. The van der Waals surface area contributed by atoms with Crippen molar-refractivity contribution in [2.75, 3.05) is 31.0 Å². The summed E-state index contributed by atoms with van der Waals surface area (Å²) in [6.07, 6.45) is -4.17. The summed E-state index contributed by atoms with van der Waals surface area (Å²) in [6.45, 7) is 4.30. The molecule has 218 valence electrons. The highest BCUT2D eigenvalue weighted by atomic mass is 19.4. The first-order valence-corrected chi connectivity index (χ1v) is 13.1. The Labute approximate surface area is 242 Å². The van der Waals surface area contributed by atoms with Gasteiger partial charge in [0.25, 0.3) is 0 Å². The van der Waals surface area contributed by atoms with Crippen LogP contribution < -0.4 is 19.7 Å². The molecule has 0 spiro atoms. The predicted molar refractivity (Wildman–Crippen MR) is 155 cm³/mol. The fraction of sp³-hybridized carbons (Fsp3) is 0.182. The van der Waals surface area contributed by atoms with E-state index < -0.39 is 23.5 Å². The van der Waals surface area contributed by atoms with Gasteiger partial charge in [0.15, 0.2) is 11.5 Å². The van der Waals surface area contributed by atoms with Crippen LogP contribution in [0, 0.1) is 5.82 Å². The first-order chi connectivity index (χ1) is 20.1. The van der Waals surface area contributed by atoms with Gasteiger partial charge in [-0.1, -0.05) is 49.0 Å². The molecular weight excluding hydrogens is 548 g/mol. The van der Waals surface area contributed by atoms with E-state index in [2.05, 4.69) is 11.9 Å². The first kappa shape index (κ1) is 30.2. The third-order valence-electron chi connectivity index (χ3n) is 6.73. The molecule has 9 heteroatoms. The van der Waals surface area contributed by atoms with E-state index in [9.17, 15) is 22.4 Å². The van der Waals surface area contributed by atoms with Crippen molar-refractivity contribution in [3.05, 3.63) is 132 Å². The average molecular weight is 579 g/mol. The van der Waals surface area contributed by atoms with Gasteiger partial charge in [0.2, 0.25) is 5.91 Å². The normalized spacial score (nSPS) is 11.9. The van der Waals surface area contributed by atoms with E-state index in [-0.39, 0.29) is 18.9 Å². The monoisotopic (exact) mass is 578 g/mol. The van der Waals surface area contributed by atoms with Crippen molar-refractivity contribution in [3.63, 3.8) is 0 Å². The number of carbonyl (C=O) groups excluding carboxylic acids is 1. The third-order valence-corrected chi connectivity index (χ3v) is 6.73. The van der Waals surface area contributed by atoms with Crippen LogP contribution in [0.25, 0.3) is 0 Å². The largest absolute Gasteiger partial charge is 0.493 e. The number of carbonyl (C=O) groups is 1. The molecule has 0 saturated carbocycles. The molecule has 42 heavy (non-hydrogen) atoms. The Hall–Kier alpha value is -4.79. The highest BCUT2D eigenvalue weighted by Gasteiger charge is 2.31. The van der Waals surface area contributed by atoms with E-state index in [1.54, 1.807) is 35.2 Å². The van der Waals surface area contributed by atoms with E-state index in [1.807, 2.05) is 30.3 Å². The highest BCUT2D eigenvalue weighted by molar-refractivity contribution is 6.00. The maximum absolute atomic E-state index is 14.4. The van der Waals surface area contributed by atoms with Crippen molar-refractivity contribution in [1.29, 1.82) is 0 Å². The molecule has 0 aliphatic carbocycles. The fourth-order valence-electron chi connectivity index (χ4n) is 4.55. The number of benzene rings is 4. The molecule has 4 rings (SSSR count). The van der Waals surface area contributed by atoms with Gasteiger partial charge in [-0.25, -0.2) is 4.39 Å². The lowest BCUT2D eigenvalue weighted by atomic mass is 9.93. The van der Waals surface area contributed by atoms with E-state index in [4.69, 9.17) is 9.47 Å². The lowest BCUT2D eigenvalue weighted by Gasteiger charge is -2.30. The summed E-state index contributed by atoms with van der Waals surface area (Å²) >= 11 is 0. The average Bonchev–Trinajstić information content (AvgIpc) is 2.98. The van der Waals surface area contributed by atoms with Gasteiger partial charge in [-0.05, 0) is 66.1 Å². The summed E-state index contributed by atoms with van der Waals surface area (Å²) in [7, 11) is 2.98. The molecule has 4 aromatic rings. The number of anilines is 2. The summed E-state index contributed by atoms with van der Waals surface area (Å²) in [5, 5.41) is 3.13. The maximum atomic E-state index is 14.4. The van der Waals surface area contributed by atoms with Crippen LogP contribution in [-0.4, -0.2) is 26.7 Å². The Morgan fingerprint density at radius 2 is 1.52 bits per heavy atom. The second-order valence-electron chi connectivity index (χ2n) is 9.47. The Kier molecular flexibility index (Phi) is 9.52. The zero-order chi connectivity index (χ0) is 30.3. The number of ether oxygens (including phenoxy) is 2. The number of nitrogens with zero attached hydrogens (tertiary/aromatic N) is 1. The molecule has 0 aliphatic rings. The minimum absolute atomic E-state index is 0.146. The third kappa shape index (κ3) is 7.28. The van der Waals surface area contributed by atoms with Crippen LogP contribution in [0.5, 0.6) is 11.5 Å². The molecule has 0 saturated heterocycles. The Bertz CT molecular complexity index is 1510. The summed E-state index contributed by atoms with van der Waals surface area (Å²) in [6, 6.07) is 24.7. The van der Waals surface area contributed by atoms with Gasteiger partial charge in [0.1, 0.15) is 11.7 Å². The molecule has 1 atom stereocenters. The fourth-order valence-corrected chi connectivity index (χ4v) is 4.55. The lowest BCUT2D eigenvalue weighted by molar-refractivity contribution is -0.137. The molecule has 0 aromatic heterocycles. The van der Waals surface area contributed by atoms with E-state index in [1.165, 1.54) is 38.5 Å². The number of nitrogens with one attached hydrogen (secondary N) is 1. The molecule has 0 fully saturated rings. The maximum Gasteiger partial charge on any atom is 0.416 e. The van der Waals surface area contributed by atoms with Crippen LogP contribution in [-0.2, 0) is 17.4 Å². The van der Waals surface area contributed by atoms with Crippen LogP contribution in [0.3, 0.4) is 0 Å². The SMILES string of the molecule is C=C(Nc1ccc(F)cc1)C(C(=O)N(CCc1ccc(C(F)(F)F)cc1)c1ccc(OC)c(OC)c1)c1ccccc1. The zero-order valence-electron chi connectivity index (χ0n) is 23.1. The van der Waals surface area contributed by atoms with Crippen molar-refractivity contribution in [2.45, 2.75) is 18.5 Å². The molecule has 0 aliphatic heterocycles. The number of methoxy groups -OCH3 is 2. The van der Waals surface area contributed by atoms with Crippen LogP contribution in [0.2, 0.25) is 0 Å². The Morgan fingerprint density at radius 3 is 2.12 bits per heavy atom. The number of halogens is 4. The van der Waals surface area contributed by atoms with Gasteiger partial charge < -0.3 is 19.7 Å². The van der Waals surface area contributed by atoms with Gasteiger partial charge in [-0.3, -0.25) is 4.79 Å². The smallest absolute Gasteiger partial charge is 0.416 e. The van der Waals surface area contributed by atoms with Crippen molar-refractivity contribution >= 4 is 17.3 Å². The van der Waals surface area contributed by atoms with Crippen molar-refractivity contribution < 1.29 is 31.8 Å². The molecule has 4 aromatic carbocycles. The minimum atomic E-state index is -4.44. The summed E-state index contributed by atoms with van der Waals surface area (Å²) in [4.78, 5) is 16.0. The van der Waals surface area contributed by atoms with Crippen LogP contribution >= 0.6 is 0 Å². The van der Waals surface area contributed by atoms with E-state index in [0.29, 0.717) is 39.7 Å². The van der Waals surface area contributed by atoms with Gasteiger partial charge in [0.05, 0.1) is 19.8 Å². The van der Waals surface area contributed by atoms with E-state index in [0.717, 1.165) is 12.1 Å². The van der Waals surface area contributed by atoms with Crippen molar-refractivity contribution in [3.8, 4) is 11.5 Å². The molecule has 5 nitrogen and oxygen atoms in total. The molecule has 0 radical (unpaired) electrons. The topological polar surface area (TPSA) is 50.8 Å². The first-order valence-electron chi connectivity index (χ1n) is 13.1. The van der Waals surface area contributed by atoms with Gasteiger partial charge in [-0.2, -0.15) is 13.2 Å². The van der Waals surface area contributed by atoms with Crippen LogP contribution in [0.1, 0.15) is 22.6 Å². The molecule has 1 amide bonds. The number of alkyl halides is 3. The summed E-state index contributed by atoms with van der Waals surface area (Å²) in [5.74, 6) is -0.720. The summed E-state index contributed by atoms with van der Waals surface area (Å²) < 4.78 is 63.6. The number of rotatable bonds is 11. The molecule has 0 heterocycles. The van der Waals surface area contributed by atoms with Gasteiger partial charge in [-0.15, -0.1) is 0 Å². The van der Waals surface area contributed by atoms with Crippen LogP contribution in [0.4, 0.5) is 28.9 Å². The van der Waals surface area contributed by atoms with Crippen molar-refractivity contribution in [1.82, 2.24) is 0 Å². The molecular formula is C33H30F4N2O3. The second kappa shape index (κ2) is 13.2. The number of hydrogen-bond acceptors (Lipinski definition) is 4. The number of hydrogen-bond donors (Lipinski definition) is 1. The van der Waals surface area contributed by atoms with Crippen LogP contribution in [0.15, 0.2) is 109 Å². The molecule has 0 bridgehead atoms. The molecule has 1 unspecified atom stereocenters. The highest BCUT2D eigenvalue weighted by Crippen LogP contribution is 2.35. The van der Waals surface area contributed by atoms with Gasteiger partial charge >= 0.3 is 6.18 Å². The zero-order valence-corrected chi connectivity index (χ0v) is 23.1. The van der Waals surface area contributed by atoms with Crippen molar-refractivity contribution in [2.24, 2.45) is 0 Å².